The smallest absolute Gasteiger partial charge is 0.747 e. The van der Waals surface area contributed by atoms with E-state index in [0.29, 0.717) is 59.6 Å². The minimum absolute atomic E-state index is 0. The van der Waals surface area contributed by atoms with Gasteiger partial charge in [-0.25, -0.2) is 13.2 Å². The van der Waals surface area contributed by atoms with Gasteiger partial charge >= 0.3 is 35.5 Å². The number of benzene rings is 3. The second-order valence-corrected chi connectivity index (χ2v) is 12.0. The third kappa shape index (κ3) is 8.27. The number of imide groups is 1. The normalized spacial score (nSPS) is 14.9. The van der Waals surface area contributed by atoms with Crippen LogP contribution in [-0.4, -0.2) is 67.5 Å². The summed E-state index contributed by atoms with van der Waals surface area (Å²) in [5.41, 5.74) is 1.15. The molecule has 1 aliphatic heterocycles. The van der Waals surface area contributed by atoms with E-state index < -0.39 is 45.2 Å². The Balaban J connectivity index is 0.00000576. The summed E-state index contributed by atoms with van der Waals surface area (Å²) in [5, 5.41) is 10.3. The first-order valence-electron chi connectivity index (χ1n) is 14.1. The van der Waals surface area contributed by atoms with Gasteiger partial charge in [-0.3, -0.25) is 9.59 Å². The van der Waals surface area contributed by atoms with E-state index in [-0.39, 0.29) is 41.0 Å². The number of aryl methyl sites for hydroxylation is 1. The maximum atomic E-state index is 12.4. The first-order valence-corrected chi connectivity index (χ1v) is 15.6. The van der Waals surface area contributed by atoms with E-state index in [9.17, 15) is 32.5 Å². The molecule has 1 atom stereocenters. The van der Waals surface area contributed by atoms with Crippen LogP contribution in [-0.2, 0) is 41.4 Å². The summed E-state index contributed by atoms with van der Waals surface area (Å²) in [6.07, 6.45) is 1.07. The van der Waals surface area contributed by atoms with Gasteiger partial charge in [0.1, 0.15) is 38.2 Å². The summed E-state index contributed by atoms with van der Waals surface area (Å²) in [6, 6.07) is 19.8. The number of hydroxylamine groups is 2. The maximum absolute atomic E-state index is 12.4. The number of carbonyl (C=O) groups excluding carboxylic acids is 3. The third-order valence-electron chi connectivity index (χ3n) is 7.64. The van der Waals surface area contributed by atoms with Crippen LogP contribution in [0.3, 0.4) is 0 Å². The molecule has 1 unspecified atom stereocenters. The fraction of sp³-hybridized carbons (Fsp3) is 0.344. The summed E-state index contributed by atoms with van der Waals surface area (Å²) in [5.74, 6) is -1.40. The van der Waals surface area contributed by atoms with E-state index >= 15 is 0 Å². The van der Waals surface area contributed by atoms with Crippen LogP contribution in [0.2, 0.25) is 0 Å². The predicted molar refractivity (Wildman–Crippen MR) is 159 cm³/mol. The fourth-order valence-electron chi connectivity index (χ4n) is 5.18. The molecule has 0 saturated carbocycles. The molecule has 3 aromatic rings. The minimum atomic E-state index is -5.05. The van der Waals surface area contributed by atoms with Gasteiger partial charge < -0.3 is 28.7 Å². The number of nitrogens with zero attached hydrogens (tertiary/aromatic N) is 1. The van der Waals surface area contributed by atoms with Crippen LogP contribution >= 0.6 is 0 Å². The van der Waals surface area contributed by atoms with Crippen molar-refractivity contribution in [2.75, 3.05) is 21.3 Å². The van der Waals surface area contributed by atoms with E-state index in [0.717, 1.165) is 5.56 Å². The summed E-state index contributed by atoms with van der Waals surface area (Å²) < 4.78 is 49.7. The van der Waals surface area contributed by atoms with Crippen LogP contribution in [0.1, 0.15) is 54.4 Å². The first-order chi connectivity index (χ1) is 21.4. The Bertz CT molecular complexity index is 1600. The molecule has 0 radical (unpaired) electrons. The van der Waals surface area contributed by atoms with E-state index in [2.05, 4.69) is 0 Å². The molecule has 46 heavy (non-hydrogen) atoms. The molecule has 1 saturated heterocycles. The Labute approximate surface area is 289 Å². The summed E-state index contributed by atoms with van der Waals surface area (Å²) in [7, 11) is -0.361. The van der Waals surface area contributed by atoms with Crippen molar-refractivity contribution in [2.45, 2.75) is 49.4 Å². The van der Waals surface area contributed by atoms with Crippen molar-refractivity contribution in [3.8, 4) is 17.2 Å². The molecule has 1 heterocycles. The first kappa shape index (κ1) is 37.0. The van der Waals surface area contributed by atoms with Gasteiger partial charge in [0.05, 0.1) is 27.8 Å². The van der Waals surface area contributed by atoms with Crippen LogP contribution in [0.4, 0.5) is 0 Å². The van der Waals surface area contributed by atoms with Crippen LogP contribution in [0.25, 0.3) is 0 Å². The molecule has 12 nitrogen and oxygen atoms in total. The van der Waals surface area contributed by atoms with Gasteiger partial charge in [-0.15, -0.1) is 5.06 Å². The average molecular weight is 664 g/mol. The predicted octanol–water partition coefficient (Wildman–Crippen LogP) is 0.234. The standard InChI is InChI=1S/C32H35NO11S.Na/c1-41-25-14-9-22(10-15-25)32(37,23-11-16-26(42-2)17-12-23)24-13-18-27(43-3)21(19-24)7-5-4-6-8-30(35)44-33-29(34)20-28(31(33)36)45(38,39)40;/h9-19,28,37H,4-8,20H2,1-3H3,(H,38,39,40);/q;+1/p-1. The number of unbranched alkanes of at least 4 members (excludes halogenated alkanes) is 2. The zero-order valence-electron chi connectivity index (χ0n) is 26.1. The van der Waals surface area contributed by atoms with E-state index in [1.165, 1.54) is 0 Å². The number of rotatable bonds is 14. The van der Waals surface area contributed by atoms with Crippen LogP contribution in [0.5, 0.6) is 17.2 Å². The zero-order chi connectivity index (χ0) is 32.8. The van der Waals surface area contributed by atoms with Crippen molar-refractivity contribution in [2.24, 2.45) is 0 Å². The monoisotopic (exact) mass is 663 g/mol. The number of methoxy groups -OCH3 is 3. The number of aliphatic hydroxyl groups is 1. The molecule has 3 aromatic carbocycles. The fourth-order valence-corrected chi connectivity index (χ4v) is 5.87. The molecule has 0 aliphatic carbocycles. The molecule has 240 valence electrons. The Kier molecular flexibility index (Phi) is 12.8. The Hall–Kier alpha value is -3.46. The van der Waals surface area contributed by atoms with Crippen molar-refractivity contribution >= 4 is 27.9 Å². The molecule has 0 aromatic heterocycles. The van der Waals surface area contributed by atoms with Gasteiger partial charge in [-0.2, -0.15) is 0 Å². The van der Waals surface area contributed by atoms with Crippen molar-refractivity contribution in [1.82, 2.24) is 5.06 Å². The third-order valence-corrected chi connectivity index (χ3v) is 8.71. The van der Waals surface area contributed by atoms with Crippen LogP contribution in [0, 0.1) is 0 Å². The Morgan fingerprint density at radius 2 is 1.41 bits per heavy atom. The zero-order valence-corrected chi connectivity index (χ0v) is 28.9. The number of hydrogen-bond acceptors (Lipinski definition) is 11. The number of amides is 2. The molecule has 1 N–H and O–H groups in total. The van der Waals surface area contributed by atoms with Gasteiger partial charge in [0.2, 0.25) is 0 Å². The molecule has 0 bridgehead atoms. The van der Waals surface area contributed by atoms with Crippen LogP contribution in [0.15, 0.2) is 66.7 Å². The maximum Gasteiger partial charge on any atom is 1.00 e. The SMILES string of the molecule is COc1ccc(C(O)(c2ccc(OC)cc2)c2ccc(OC)c(CCCCCC(=O)ON3C(=O)CC(S(=O)(=O)[O-])C3=O)c2)cc1.[Na+]. The van der Waals surface area contributed by atoms with E-state index in [4.69, 9.17) is 19.0 Å². The molecule has 1 aliphatic rings. The van der Waals surface area contributed by atoms with Crippen LogP contribution < -0.4 is 43.8 Å². The summed E-state index contributed by atoms with van der Waals surface area (Å²) in [4.78, 5) is 40.9. The molecule has 14 heteroatoms. The van der Waals surface area contributed by atoms with Crippen molar-refractivity contribution < 1.29 is 81.1 Å². The molecule has 2 amide bonds. The molecule has 0 spiro atoms. The number of hydrogen-bond donors (Lipinski definition) is 1. The van der Waals surface area contributed by atoms with Gasteiger partial charge in [0, 0.05) is 6.42 Å². The topological polar surface area (TPSA) is 169 Å². The molecule has 1 fully saturated rings. The second kappa shape index (κ2) is 15.9. The van der Waals surface area contributed by atoms with Gasteiger partial charge in [-0.05, 0) is 77.9 Å². The Morgan fingerprint density at radius 1 is 0.870 bits per heavy atom. The largest absolute Gasteiger partial charge is 1.00 e. The van der Waals surface area contributed by atoms with Crippen molar-refractivity contribution in [3.63, 3.8) is 0 Å². The quantitative estimate of drug-likeness (QED) is 0.0824. The van der Waals surface area contributed by atoms with Gasteiger partial charge in [0.15, 0.2) is 0 Å². The molecular formula is C32H34NNaO11S. The second-order valence-electron chi connectivity index (χ2n) is 10.4. The number of carbonyl (C=O) groups is 3. The summed E-state index contributed by atoms with van der Waals surface area (Å²) >= 11 is 0. The van der Waals surface area contributed by atoms with Crippen molar-refractivity contribution in [3.05, 3.63) is 89.0 Å². The Morgan fingerprint density at radius 3 is 1.89 bits per heavy atom. The molecular weight excluding hydrogens is 629 g/mol. The van der Waals surface area contributed by atoms with Gasteiger partial charge in [-0.1, -0.05) is 36.8 Å². The molecule has 4 rings (SSSR count). The van der Waals surface area contributed by atoms with E-state index in [1.807, 2.05) is 6.07 Å². The van der Waals surface area contributed by atoms with E-state index in [1.54, 1.807) is 82.0 Å². The van der Waals surface area contributed by atoms with Crippen molar-refractivity contribution in [1.29, 1.82) is 0 Å². The average Bonchev–Trinajstić information content (AvgIpc) is 3.33. The minimum Gasteiger partial charge on any atom is -0.747 e. The van der Waals surface area contributed by atoms with Gasteiger partial charge in [0.25, 0.3) is 11.8 Å². The summed E-state index contributed by atoms with van der Waals surface area (Å²) in [6.45, 7) is 0. The number of ether oxygens (including phenoxy) is 3.